The molecule has 0 saturated carbocycles. The molecule has 0 atom stereocenters. The van der Waals surface area contributed by atoms with Crippen LogP contribution in [0.5, 0.6) is 0 Å². The summed E-state index contributed by atoms with van der Waals surface area (Å²) in [6.07, 6.45) is 0. The van der Waals surface area contributed by atoms with E-state index >= 15 is 0 Å². The molecule has 0 aliphatic heterocycles. The van der Waals surface area contributed by atoms with Gasteiger partial charge in [-0.25, -0.2) is 0 Å². The molecule has 0 aromatic heterocycles. The van der Waals surface area contributed by atoms with Crippen molar-refractivity contribution in [3.63, 3.8) is 0 Å². The van der Waals surface area contributed by atoms with Crippen LogP contribution in [0.25, 0.3) is 66.8 Å². The van der Waals surface area contributed by atoms with Crippen LogP contribution in [0.4, 0.5) is 0 Å². The second-order valence-electron chi connectivity index (χ2n) is 19.7. The first-order valence-corrected chi connectivity index (χ1v) is 26.9. The quantitative estimate of drug-likeness (QED) is 0.0798. The first-order chi connectivity index (χ1) is 33.9. The van der Waals surface area contributed by atoms with E-state index in [1.807, 2.05) is 0 Å². The molecule has 0 heterocycles. The Morgan fingerprint density at radius 2 is 0.500 bits per heavy atom. The minimum atomic E-state index is -3.49. The third-order valence-electron chi connectivity index (χ3n) is 15.8. The van der Waals surface area contributed by atoms with Gasteiger partial charge in [-0.15, -0.1) is 0 Å². The van der Waals surface area contributed by atoms with Crippen LogP contribution in [0, 0.1) is 69.2 Å². The van der Waals surface area contributed by atoms with Gasteiger partial charge >= 0.3 is 21.7 Å². The van der Waals surface area contributed by atoms with Crippen molar-refractivity contribution in [2.24, 2.45) is 0 Å². The molecular formula is C69H63Cl3SiTi. The van der Waals surface area contributed by atoms with Gasteiger partial charge in [0.25, 0.3) is 0 Å². The van der Waals surface area contributed by atoms with E-state index in [0.717, 1.165) is 0 Å². The van der Waals surface area contributed by atoms with Gasteiger partial charge in [0.05, 0.1) is 0 Å². The van der Waals surface area contributed by atoms with E-state index in [1.54, 1.807) is 0 Å². The van der Waals surface area contributed by atoms with Crippen LogP contribution in [0.2, 0.25) is 0 Å². The van der Waals surface area contributed by atoms with Gasteiger partial charge in [0.15, 0.2) is 8.07 Å². The molecule has 0 nitrogen and oxygen atoms in total. The van der Waals surface area contributed by atoms with E-state index in [9.17, 15) is 0 Å². The Hall–Kier alpha value is -5.87. The van der Waals surface area contributed by atoms with Crippen LogP contribution in [-0.4, -0.2) is 8.07 Å². The van der Waals surface area contributed by atoms with Crippen molar-refractivity contribution < 1.29 is 58.9 Å². The van der Waals surface area contributed by atoms with E-state index in [0.29, 0.717) is 0 Å². The molecule has 0 amide bonds. The number of hydrogen-bond donors (Lipinski definition) is 0. The number of hydrogen-bond acceptors (Lipinski definition) is 0. The zero-order valence-electron chi connectivity index (χ0n) is 44.2. The van der Waals surface area contributed by atoms with Crippen LogP contribution in [0.3, 0.4) is 0 Å². The zero-order chi connectivity index (χ0) is 48.8. The molecule has 0 saturated heterocycles. The molecule has 0 aliphatic rings. The summed E-state index contributed by atoms with van der Waals surface area (Å²) in [5, 5.41) is 5.85. The van der Waals surface area contributed by atoms with Crippen molar-refractivity contribution in [3.05, 3.63) is 256 Å². The largest absolute Gasteiger partial charge is 4.00 e. The maximum atomic E-state index is 2.65. The fourth-order valence-electron chi connectivity index (χ4n) is 12.4. The molecular weight excluding hydrogens is 1010 g/mol. The SMILES string of the molecule is Cc1cc([Si](c2cc(C)c(-c3ccccc3)c(-c3ccccc3)c2C)(c2cc(C)c(-c3ccccc3)c(-c3ccccc3)c2C)c2c(C)c(C)c(C)[c-]2C)c(C)c(-c2ccccc2)c1-c1ccccc1.[Cl-].[Cl-].[Cl-].[Ti+4]. The Balaban J connectivity index is 0.00000223. The predicted molar refractivity (Wildman–Crippen MR) is 306 cm³/mol. The molecule has 0 unspecified atom stereocenters. The molecule has 0 aliphatic carbocycles. The summed E-state index contributed by atoms with van der Waals surface area (Å²) in [4.78, 5) is 0. The molecule has 10 rings (SSSR count). The Morgan fingerprint density at radius 3 is 0.703 bits per heavy atom. The van der Waals surface area contributed by atoms with E-state index in [-0.39, 0.29) is 58.9 Å². The van der Waals surface area contributed by atoms with Gasteiger partial charge in [0.2, 0.25) is 0 Å². The molecule has 368 valence electrons. The average Bonchev–Trinajstić information content (AvgIpc) is 3.59. The number of aryl methyl sites for hydroxylation is 3. The minimum Gasteiger partial charge on any atom is -1.00 e. The number of rotatable bonds is 10. The van der Waals surface area contributed by atoms with Gasteiger partial charge in [0.1, 0.15) is 0 Å². The van der Waals surface area contributed by atoms with Crippen LogP contribution in [0.15, 0.2) is 200 Å². The number of halogens is 3. The molecule has 0 radical (unpaired) electrons. The van der Waals surface area contributed by atoms with E-state index < -0.39 is 8.07 Å². The average molecular weight is 1070 g/mol. The summed E-state index contributed by atoms with van der Waals surface area (Å²) in [7, 11) is -3.49. The van der Waals surface area contributed by atoms with Crippen LogP contribution in [0.1, 0.15) is 55.6 Å². The summed E-state index contributed by atoms with van der Waals surface area (Å²) in [5.74, 6) is 0. The van der Waals surface area contributed by atoms with Gasteiger partial charge < -0.3 is 37.2 Å². The van der Waals surface area contributed by atoms with Crippen molar-refractivity contribution in [3.8, 4) is 66.8 Å². The third kappa shape index (κ3) is 9.69. The summed E-state index contributed by atoms with van der Waals surface area (Å²) in [6.45, 7) is 24.1. The van der Waals surface area contributed by atoms with Gasteiger partial charge in [-0.1, -0.05) is 228 Å². The molecule has 10 aromatic rings. The van der Waals surface area contributed by atoms with Gasteiger partial charge in [0, 0.05) is 0 Å². The normalized spacial score (nSPS) is 10.9. The summed E-state index contributed by atoms with van der Waals surface area (Å²) >= 11 is 0. The van der Waals surface area contributed by atoms with Crippen molar-refractivity contribution in [2.45, 2.75) is 69.2 Å². The zero-order valence-corrected chi connectivity index (χ0v) is 49.0. The molecule has 0 N–H and O–H groups in total. The molecule has 0 spiro atoms. The minimum absolute atomic E-state index is 0. The fraction of sp³-hybridized carbons (Fsp3) is 0.145. The molecule has 5 heteroatoms. The van der Waals surface area contributed by atoms with Crippen LogP contribution < -0.4 is 58.0 Å². The van der Waals surface area contributed by atoms with Crippen molar-refractivity contribution in [2.75, 3.05) is 0 Å². The first-order valence-electron chi connectivity index (χ1n) is 24.9. The molecule has 74 heavy (non-hydrogen) atoms. The molecule has 0 bridgehead atoms. The standard InChI is InChI=1S/C69H63Si.3ClH.Ti/c1-44-41-60(51(8)66(57-35-23-14-24-36-57)63(44)54-29-17-11-18-30-54)70(69-49(6)47(4)48(5)50(69)7,61-42-45(2)64(55-31-19-12-20-32-55)67(52(61)9)58-37-25-15-26-38-58)62-43-46(3)65(56-33-21-13-22-34-56)68(53(62)10)59-39-27-16-28-40-59;;;;/h11-43H,1-10H3;3*1H;/q-1;;;;+4/p-3. The topological polar surface area (TPSA) is 0 Å². The monoisotopic (exact) mass is 1070 g/mol. The van der Waals surface area contributed by atoms with Crippen molar-refractivity contribution in [1.29, 1.82) is 0 Å². The van der Waals surface area contributed by atoms with Crippen LogP contribution in [-0.2, 0) is 21.7 Å². The molecule has 10 aromatic carbocycles. The van der Waals surface area contributed by atoms with Crippen molar-refractivity contribution >= 4 is 28.8 Å². The Morgan fingerprint density at radius 1 is 0.284 bits per heavy atom. The third-order valence-corrected chi connectivity index (χ3v) is 21.2. The second kappa shape index (κ2) is 23.8. The number of benzene rings is 9. The summed E-state index contributed by atoms with van der Waals surface area (Å²) < 4.78 is 0. The maximum Gasteiger partial charge on any atom is 4.00 e. The first kappa shape index (κ1) is 57.4. The Kier molecular flexibility index (Phi) is 18.4. The smallest absolute Gasteiger partial charge is 1.00 e. The molecule has 0 fully saturated rings. The Labute approximate surface area is 475 Å². The summed E-state index contributed by atoms with van der Waals surface area (Å²) in [6, 6.07) is 74.8. The van der Waals surface area contributed by atoms with Gasteiger partial charge in [-0.05, 0) is 157 Å². The summed E-state index contributed by atoms with van der Waals surface area (Å²) in [5.41, 5.74) is 28.7. The van der Waals surface area contributed by atoms with Crippen molar-refractivity contribution in [1.82, 2.24) is 0 Å². The second-order valence-corrected chi connectivity index (χ2v) is 23.3. The van der Waals surface area contributed by atoms with Gasteiger partial charge in [-0.3, -0.25) is 0 Å². The van der Waals surface area contributed by atoms with E-state index in [4.69, 9.17) is 0 Å². The fourth-order valence-corrected chi connectivity index (χ4v) is 18.9. The van der Waals surface area contributed by atoms with Gasteiger partial charge in [-0.2, -0.15) is 27.4 Å². The predicted octanol–water partition coefficient (Wildman–Crippen LogP) is 6.88. The van der Waals surface area contributed by atoms with E-state index in [1.165, 1.54) is 143 Å². The maximum absolute atomic E-state index is 3.49. The Bertz CT molecular complexity index is 3190. The van der Waals surface area contributed by atoms with Crippen LogP contribution >= 0.6 is 0 Å². The van der Waals surface area contributed by atoms with E-state index in [2.05, 4.69) is 269 Å².